The Bertz CT molecular complexity index is 298. The van der Waals surface area contributed by atoms with Crippen LogP contribution in [0, 0.1) is 5.41 Å². The van der Waals surface area contributed by atoms with Crippen LogP contribution in [-0.4, -0.2) is 33.4 Å². The molecule has 3 N–H and O–H groups in total. The first-order chi connectivity index (χ1) is 9.80. The normalized spacial score (nSPS) is 13.1. The van der Waals surface area contributed by atoms with Crippen molar-refractivity contribution in [3.8, 4) is 0 Å². The smallest absolute Gasteiger partial charge is 0.320 e. The number of carbonyl (C=O) groups is 2. The molecule has 1 atom stereocenters. The first kappa shape index (κ1) is 19.9. The first-order valence-corrected chi connectivity index (χ1v) is 7.95. The molecule has 0 saturated heterocycles. The highest BCUT2D eigenvalue weighted by molar-refractivity contribution is 5.97. The minimum absolute atomic E-state index is 0.187. The summed E-state index contributed by atoms with van der Waals surface area (Å²) in [7, 11) is 0. The van der Waals surface area contributed by atoms with E-state index >= 15 is 0 Å². The Kier molecular flexibility index (Phi) is 10.0. The molecule has 0 aromatic rings. The van der Waals surface area contributed by atoms with Gasteiger partial charge in [0.05, 0.1) is 6.10 Å². The van der Waals surface area contributed by atoms with Gasteiger partial charge in [0.15, 0.2) is 5.41 Å². The number of unbranched alkanes of at least 4 members (excludes halogenated alkanes) is 7. The van der Waals surface area contributed by atoms with Crippen LogP contribution in [0.25, 0.3) is 0 Å². The fourth-order valence-corrected chi connectivity index (χ4v) is 2.28. The maximum atomic E-state index is 11.0. The molecular weight excluding hydrogens is 272 g/mol. The summed E-state index contributed by atoms with van der Waals surface area (Å²) in [6.45, 7) is 3.09. The maximum absolute atomic E-state index is 11.0. The second-order valence-electron chi connectivity index (χ2n) is 6.16. The van der Waals surface area contributed by atoms with Gasteiger partial charge in [-0.15, -0.1) is 0 Å². The number of aliphatic carboxylic acids is 2. The second kappa shape index (κ2) is 10.6. The largest absolute Gasteiger partial charge is 0.480 e. The summed E-state index contributed by atoms with van der Waals surface area (Å²) in [6, 6.07) is 0. The lowest BCUT2D eigenvalue weighted by Gasteiger charge is -2.19. The zero-order valence-corrected chi connectivity index (χ0v) is 13.3. The number of carboxylic acids is 2. The summed E-state index contributed by atoms with van der Waals surface area (Å²) in [5.74, 6) is -2.51. The molecule has 5 nitrogen and oxygen atoms in total. The molecule has 21 heavy (non-hydrogen) atoms. The molecule has 0 spiro atoms. The van der Waals surface area contributed by atoms with Crippen molar-refractivity contribution in [1.29, 1.82) is 0 Å². The highest BCUT2D eigenvalue weighted by Gasteiger charge is 2.40. The molecule has 0 aliphatic carbocycles. The molecule has 0 aromatic carbocycles. The standard InChI is InChI=1S/C16H30O5/c1-13(17)11-9-7-5-3-4-6-8-10-12-16(2,14(18)19)15(20)21/h13,17H,3-12H2,1-2H3,(H,18,19)(H,20,21). The quantitative estimate of drug-likeness (QED) is 0.358. The second-order valence-corrected chi connectivity index (χ2v) is 6.16. The van der Waals surface area contributed by atoms with Gasteiger partial charge in [0.25, 0.3) is 0 Å². The number of aliphatic hydroxyl groups is 1. The summed E-state index contributed by atoms with van der Waals surface area (Å²) in [4.78, 5) is 22.0. The Morgan fingerprint density at radius 1 is 0.857 bits per heavy atom. The lowest BCUT2D eigenvalue weighted by molar-refractivity contribution is -0.163. The van der Waals surface area contributed by atoms with E-state index in [4.69, 9.17) is 15.3 Å². The molecule has 0 saturated carbocycles. The fourth-order valence-electron chi connectivity index (χ4n) is 2.28. The van der Waals surface area contributed by atoms with E-state index in [2.05, 4.69) is 0 Å². The van der Waals surface area contributed by atoms with Crippen LogP contribution in [0.2, 0.25) is 0 Å². The Morgan fingerprint density at radius 3 is 1.62 bits per heavy atom. The molecule has 0 aromatic heterocycles. The molecule has 0 bridgehead atoms. The van der Waals surface area contributed by atoms with Crippen LogP contribution in [0.15, 0.2) is 0 Å². The SMILES string of the molecule is CC(O)CCCCCCCCCCC(C)(C(=O)O)C(=O)O. The van der Waals surface area contributed by atoms with E-state index in [9.17, 15) is 9.59 Å². The van der Waals surface area contributed by atoms with E-state index in [1.165, 1.54) is 6.92 Å². The lowest BCUT2D eigenvalue weighted by atomic mass is 9.85. The van der Waals surface area contributed by atoms with Gasteiger partial charge in [0, 0.05) is 0 Å². The summed E-state index contributed by atoms with van der Waals surface area (Å²) in [5.41, 5.74) is -1.65. The van der Waals surface area contributed by atoms with E-state index in [0.29, 0.717) is 6.42 Å². The van der Waals surface area contributed by atoms with Crippen molar-refractivity contribution < 1.29 is 24.9 Å². The Hall–Kier alpha value is -1.10. The molecule has 0 aliphatic rings. The van der Waals surface area contributed by atoms with Crippen LogP contribution in [0.3, 0.4) is 0 Å². The zero-order chi connectivity index (χ0) is 16.3. The first-order valence-electron chi connectivity index (χ1n) is 7.95. The molecule has 1 unspecified atom stereocenters. The van der Waals surface area contributed by atoms with Gasteiger partial charge >= 0.3 is 11.9 Å². The van der Waals surface area contributed by atoms with Crippen molar-refractivity contribution in [2.75, 3.05) is 0 Å². The topological polar surface area (TPSA) is 94.8 Å². The highest BCUT2D eigenvalue weighted by Crippen LogP contribution is 2.25. The highest BCUT2D eigenvalue weighted by atomic mass is 16.4. The van der Waals surface area contributed by atoms with Gasteiger partial charge in [0.2, 0.25) is 0 Å². The zero-order valence-electron chi connectivity index (χ0n) is 13.3. The third-order valence-electron chi connectivity index (χ3n) is 3.99. The predicted molar refractivity (Wildman–Crippen MR) is 81.2 cm³/mol. The number of rotatable bonds is 13. The molecule has 0 fully saturated rings. The molecule has 0 radical (unpaired) electrons. The van der Waals surface area contributed by atoms with E-state index in [0.717, 1.165) is 51.4 Å². The van der Waals surface area contributed by atoms with Crippen LogP contribution < -0.4 is 0 Å². The van der Waals surface area contributed by atoms with E-state index in [1.54, 1.807) is 0 Å². The number of hydrogen-bond acceptors (Lipinski definition) is 3. The van der Waals surface area contributed by atoms with Gasteiger partial charge in [-0.1, -0.05) is 51.4 Å². The van der Waals surface area contributed by atoms with Gasteiger partial charge in [-0.25, -0.2) is 0 Å². The van der Waals surface area contributed by atoms with Crippen LogP contribution in [-0.2, 0) is 9.59 Å². The number of carboxylic acid groups (broad SMARTS) is 2. The Labute approximate surface area is 127 Å². The minimum Gasteiger partial charge on any atom is -0.480 e. The lowest BCUT2D eigenvalue weighted by Crippen LogP contribution is -2.36. The molecular formula is C16H30O5. The van der Waals surface area contributed by atoms with Crippen LogP contribution in [0.5, 0.6) is 0 Å². The van der Waals surface area contributed by atoms with Gasteiger partial charge in [-0.05, 0) is 26.7 Å². The van der Waals surface area contributed by atoms with Crippen LogP contribution in [0.4, 0.5) is 0 Å². The monoisotopic (exact) mass is 302 g/mol. The summed E-state index contributed by atoms with van der Waals surface area (Å²) >= 11 is 0. The van der Waals surface area contributed by atoms with Crippen molar-refractivity contribution in [2.24, 2.45) is 5.41 Å². The van der Waals surface area contributed by atoms with E-state index in [-0.39, 0.29) is 12.5 Å². The van der Waals surface area contributed by atoms with Crippen molar-refractivity contribution in [3.63, 3.8) is 0 Å². The molecule has 0 aliphatic heterocycles. The molecule has 0 amide bonds. The number of hydrogen-bond donors (Lipinski definition) is 3. The predicted octanol–water partition coefficient (Wildman–Crippen LogP) is 3.44. The van der Waals surface area contributed by atoms with Crippen LogP contribution in [0.1, 0.15) is 78.1 Å². The van der Waals surface area contributed by atoms with Gasteiger partial charge in [-0.3, -0.25) is 9.59 Å². The van der Waals surface area contributed by atoms with E-state index in [1.807, 2.05) is 6.92 Å². The Balaban J connectivity index is 3.56. The van der Waals surface area contributed by atoms with Gasteiger partial charge in [-0.2, -0.15) is 0 Å². The summed E-state index contributed by atoms with van der Waals surface area (Å²) < 4.78 is 0. The third-order valence-corrected chi connectivity index (χ3v) is 3.99. The van der Waals surface area contributed by atoms with Crippen molar-refractivity contribution in [1.82, 2.24) is 0 Å². The molecule has 0 rings (SSSR count). The van der Waals surface area contributed by atoms with Crippen molar-refractivity contribution in [3.05, 3.63) is 0 Å². The third kappa shape index (κ3) is 8.71. The van der Waals surface area contributed by atoms with Crippen LogP contribution >= 0.6 is 0 Å². The fraction of sp³-hybridized carbons (Fsp3) is 0.875. The Morgan fingerprint density at radius 2 is 1.24 bits per heavy atom. The van der Waals surface area contributed by atoms with Crippen molar-refractivity contribution >= 4 is 11.9 Å². The van der Waals surface area contributed by atoms with Crippen molar-refractivity contribution in [2.45, 2.75) is 84.2 Å². The van der Waals surface area contributed by atoms with Gasteiger partial charge < -0.3 is 15.3 Å². The molecule has 5 heteroatoms. The maximum Gasteiger partial charge on any atom is 0.320 e. The summed E-state index contributed by atoms with van der Waals surface area (Å²) in [5, 5.41) is 27.0. The summed E-state index contributed by atoms with van der Waals surface area (Å²) in [6.07, 6.45) is 8.99. The average molecular weight is 302 g/mol. The van der Waals surface area contributed by atoms with Gasteiger partial charge in [0.1, 0.15) is 0 Å². The average Bonchev–Trinajstić information content (AvgIpc) is 2.39. The minimum atomic E-state index is -1.65. The molecule has 124 valence electrons. The number of aliphatic hydroxyl groups excluding tert-OH is 1. The molecule has 0 heterocycles. The van der Waals surface area contributed by atoms with E-state index < -0.39 is 17.4 Å².